The van der Waals surface area contributed by atoms with Gasteiger partial charge in [0.2, 0.25) is 11.8 Å². The second kappa shape index (κ2) is 6.85. The van der Waals surface area contributed by atoms with Gasteiger partial charge in [-0.15, -0.1) is 0 Å². The van der Waals surface area contributed by atoms with Crippen LogP contribution < -0.4 is 10.1 Å². The normalized spacial score (nSPS) is 10.4. The fraction of sp³-hybridized carbons (Fsp3) is 0.231. The van der Waals surface area contributed by atoms with Crippen LogP contribution in [0.15, 0.2) is 28.9 Å². The topological polar surface area (TPSA) is 47.0 Å². The number of aromatic nitrogens is 2. The highest BCUT2D eigenvalue weighted by Gasteiger charge is 2.09. The first-order valence-corrected chi connectivity index (χ1v) is 7.16. The van der Waals surface area contributed by atoms with E-state index >= 15 is 0 Å². The van der Waals surface area contributed by atoms with Crippen molar-refractivity contribution in [3.8, 4) is 11.6 Å². The first kappa shape index (κ1) is 15.0. The second-order valence-corrected chi connectivity index (χ2v) is 5.21. The van der Waals surface area contributed by atoms with Crippen molar-refractivity contribution in [1.29, 1.82) is 0 Å². The number of halogens is 3. The molecule has 2 rings (SSSR count). The summed E-state index contributed by atoms with van der Waals surface area (Å²) in [6.07, 6.45) is 2.41. The maximum atomic E-state index is 13.2. The van der Waals surface area contributed by atoms with Gasteiger partial charge in [0.05, 0.1) is 10.7 Å². The van der Waals surface area contributed by atoms with Crippen molar-refractivity contribution in [3.63, 3.8) is 0 Å². The van der Waals surface area contributed by atoms with Crippen molar-refractivity contribution in [2.24, 2.45) is 0 Å². The fourth-order valence-electron chi connectivity index (χ4n) is 1.40. The van der Waals surface area contributed by atoms with Crippen LogP contribution in [0.4, 0.5) is 10.3 Å². The highest BCUT2D eigenvalue weighted by Crippen LogP contribution is 2.29. The van der Waals surface area contributed by atoms with Gasteiger partial charge in [-0.25, -0.2) is 9.37 Å². The number of hydrogen-bond donors (Lipinski definition) is 1. The predicted octanol–water partition coefficient (Wildman–Crippen LogP) is 4.65. The van der Waals surface area contributed by atoms with E-state index in [1.54, 1.807) is 0 Å². The molecular weight excluding hydrogens is 349 g/mol. The first-order chi connectivity index (χ1) is 9.60. The van der Waals surface area contributed by atoms with Crippen LogP contribution in [0.25, 0.3) is 0 Å². The molecule has 1 heterocycles. The van der Waals surface area contributed by atoms with Crippen LogP contribution >= 0.6 is 27.5 Å². The number of hydrogen-bond acceptors (Lipinski definition) is 4. The maximum absolute atomic E-state index is 13.2. The van der Waals surface area contributed by atoms with Crippen LogP contribution in [-0.2, 0) is 0 Å². The van der Waals surface area contributed by atoms with Crippen LogP contribution in [0.2, 0.25) is 5.02 Å². The van der Waals surface area contributed by atoms with Gasteiger partial charge in [-0.2, -0.15) is 4.98 Å². The Morgan fingerprint density at radius 1 is 1.45 bits per heavy atom. The molecule has 106 valence electrons. The van der Waals surface area contributed by atoms with E-state index in [0.29, 0.717) is 16.2 Å². The Kier molecular flexibility index (Phi) is 5.14. The number of nitrogens with zero attached hydrogens (tertiary/aromatic N) is 2. The summed E-state index contributed by atoms with van der Waals surface area (Å²) in [5, 5.41) is 3.32. The molecule has 0 aliphatic heterocycles. The monoisotopic (exact) mass is 359 g/mol. The maximum Gasteiger partial charge on any atom is 0.243 e. The fourth-order valence-corrected chi connectivity index (χ4v) is 1.88. The van der Waals surface area contributed by atoms with Gasteiger partial charge in [-0.05, 0) is 40.5 Å². The molecule has 0 radical (unpaired) electrons. The number of benzene rings is 1. The standard InChI is InChI=1S/C13H12BrClFN3O/c1-2-5-17-13-18-7-10(15)12(19-13)20-8-3-4-11(16)9(14)6-8/h3-4,6-7H,2,5H2,1H3,(H,17,18,19). The van der Waals surface area contributed by atoms with E-state index in [1.165, 1.54) is 24.4 Å². The van der Waals surface area contributed by atoms with Gasteiger partial charge in [0.15, 0.2) is 0 Å². The van der Waals surface area contributed by atoms with Crippen LogP contribution in [0.1, 0.15) is 13.3 Å². The third-order valence-corrected chi connectivity index (χ3v) is 3.22. The number of rotatable bonds is 5. The molecule has 0 saturated heterocycles. The average molecular weight is 361 g/mol. The Balaban J connectivity index is 2.20. The summed E-state index contributed by atoms with van der Waals surface area (Å²) in [7, 11) is 0. The first-order valence-electron chi connectivity index (χ1n) is 5.99. The molecule has 1 N–H and O–H groups in total. The summed E-state index contributed by atoms with van der Waals surface area (Å²) in [6, 6.07) is 4.30. The van der Waals surface area contributed by atoms with Crippen molar-refractivity contribution in [2.45, 2.75) is 13.3 Å². The number of anilines is 1. The van der Waals surface area contributed by atoms with Crippen LogP contribution in [0, 0.1) is 5.82 Å². The van der Waals surface area contributed by atoms with Crippen molar-refractivity contribution in [1.82, 2.24) is 9.97 Å². The van der Waals surface area contributed by atoms with Gasteiger partial charge in [0.1, 0.15) is 16.6 Å². The molecule has 0 amide bonds. The minimum Gasteiger partial charge on any atom is -0.437 e. The minimum atomic E-state index is -0.364. The van der Waals surface area contributed by atoms with E-state index in [-0.39, 0.29) is 16.7 Å². The molecule has 0 saturated carbocycles. The Morgan fingerprint density at radius 3 is 2.95 bits per heavy atom. The molecule has 0 aliphatic rings. The summed E-state index contributed by atoms with van der Waals surface area (Å²) < 4.78 is 19.0. The molecule has 0 unspecified atom stereocenters. The summed E-state index contributed by atoms with van der Waals surface area (Å²) in [4.78, 5) is 8.22. The van der Waals surface area contributed by atoms with Gasteiger partial charge in [-0.1, -0.05) is 18.5 Å². The predicted molar refractivity (Wildman–Crippen MR) is 80.0 cm³/mol. The zero-order valence-corrected chi connectivity index (χ0v) is 13.0. The summed E-state index contributed by atoms with van der Waals surface area (Å²) in [6.45, 7) is 2.79. The quantitative estimate of drug-likeness (QED) is 0.843. The van der Waals surface area contributed by atoms with E-state index < -0.39 is 0 Å². The number of nitrogens with one attached hydrogen (secondary N) is 1. The van der Waals surface area contributed by atoms with Crippen molar-refractivity contribution >= 4 is 33.5 Å². The van der Waals surface area contributed by atoms with Gasteiger partial charge in [0, 0.05) is 6.54 Å². The zero-order chi connectivity index (χ0) is 14.5. The average Bonchev–Trinajstić information content (AvgIpc) is 2.44. The minimum absolute atomic E-state index is 0.221. The van der Waals surface area contributed by atoms with E-state index in [9.17, 15) is 4.39 Å². The summed E-state index contributed by atoms with van der Waals surface area (Å²) in [5.41, 5.74) is 0. The van der Waals surface area contributed by atoms with Gasteiger partial charge in [-0.3, -0.25) is 0 Å². The summed E-state index contributed by atoms with van der Waals surface area (Å²) >= 11 is 9.08. The van der Waals surface area contributed by atoms with Crippen molar-refractivity contribution < 1.29 is 9.13 Å². The molecule has 0 bridgehead atoms. The molecule has 4 nitrogen and oxygen atoms in total. The Bertz CT molecular complexity index is 612. The third-order valence-electron chi connectivity index (χ3n) is 2.35. The van der Waals surface area contributed by atoms with Crippen LogP contribution in [0.3, 0.4) is 0 Å². The number of ether oxygens (including phenoxy) is 1. The van der Waals surface area contributed by atoms with Crippen molar-refractivity contribution in [2.75, 3.05) is 11.9 Å². The second-order valence-electron chi connectivity index (χ2n) is 3.95. The molecule has 0 fully saturated rings. The van der Waals surface area contributed by atoms with E-state index in [1.807, 2.05) is 6.92 Å². The van der Waals surface area contributed by atoms with E-state index in [4.69, 9.17) is 16.3 Å². The molecule has 0 atom stereocenters. The molecular formula is C13H12BrClFN3O. The lowest BCUT2D eigenvalue weighted by molar-refractivity contribution is 0.460. The molecule has 1 aromatic heterocycles. The Morgan fingerprint density at radius 2 is 2.25 bits per heavy atom. The van der Waals surface area contributed by atoms with E-state index in [2.05, 4.69) is 31.2 Å². The SMILES string of the molecule is CCCNc1ncc(Cl)c(Oc2ccc(F)c(Br)c2)n1. The molecule has 0 aliphatic carbocycles. The van der Waals surface area contributed by atoms with Gasteiger partial charge in [0.25, 0.3) is 0 Å². The lowest BCUT2D eigenvalue weighted by Crippen LogP contribution is -2.04. The molecule has 2 aromatic rings. The molecule has 20 heavy (non-hydrogen) atoms. The molecule has 7 heteroatoms. The Hall–Kier alpha value is -1.40. The summed E-state index contributed by atoms with van der Waals surface area (Å²) in [5.74, 6) is 0.725. The van der Waals surface area contributed by atoms with Crippen LogP contribution in [-0.4, -0.2) is 16.5 Å². The zero-order valence-electron chi connectivity index (χ0n) is 10.7. The third kappa shape index (κ3) is 3.80. The lowest BCUT2D eigenvalue weighted by atomic mass is 10.3. The lowest BCUT2D eigenvalue weighted by Gasteiger charge is -2.09. The highest BCUT2D eigenvalue weighted by atomic mass is 79.9. The molecule has 0 spiro atoms. The van der Waals surface area contributed by atoms with E-state index in [0.717, 1.165) is 13.0 Å². The van der Waals surface area contributed by atoms with Crippen molar-refractivity contribution in [3.05, 3.63) is 39.7 Å². The van der Waals surface area contributed by atoms with Gasteiger partial charge >= 0.3 is 0 Å². The smallest absolute Gasteiger partial charge is 0.243 e. The largest absolute Gasteiger partial charge is 0.437 e. The van der Waals surface area contributed by atoms with Gasteiger partial charge < -0.3 is 10.1 Å². The van der Waals surface area contributed by atoms with Crippen LogP contribution in [0.5, 0.6) is 11.6 Å². The molecule has 1 aromatic carbocycles. The highest BCUT2D eigenvalue weighted by molar-refractivity contribution is 9.10. The Labute approximate surface area is 129 Å².